The normalized spacial score (nSPS) is 14.0. The molecule has 0 radical (unpaired) electrons. The molecular weight excluding hydrogens is 348 g/mol. The van der Waals surface area contributed by atoms with E-state index >= 15 is 0 Å². The minimum absolute atomic E-state index is 0.0233. The summed E-state index contributed by atoms with van der Waals surface area (Å²) in [6.45, 7) is 4.89. The summed E-state index contributed by atoms with van der Waals surface area (Å²) in [6, 6.07) is 0. The van der Waals surface area contributed by atoms with E-state index in [0.717, 1.165) is 18.2 Å². The SMILES string of the molecule is CCOC(=O)CCC(=O)NNC(=O)Cc1csc(N2CCOCC2)n1. The van der Waals surface area contributed by atoms with Crippen LogP contribution in [0.1, 0.15) is 25.5 Å². The number of hydrazine groups is 1. The fraction of sp³-hybridized carbons (Fsp3) is 0.600. The molecule has 10 heteroatoms. The van der Waals surface area contributed by atoms with Gasteiger partial charge in [0.05, 0.1) is 38.4 Å². The van der Waals surface area contributed by atoms with Gasteiger partial charge in [0.25, 0.3) is 0 Å². The molecule has 2 heterocycles. The smallest absolute Gasteiger partial charge is 0.306 e. The Morgan fingerprint density at radius 3 is 2.68 bits per heavy atom. The molecule has 0 spiro atoms. The van der Waals surface area contributed by atoms with Crippen LogP contribution in [0.25, 0.3) is 0 Å². The average Bonchev–Trinajstić information content (AvgIpc) is 3.07. The first kappa shape index (κ1) is 19.1. The summed E-state index contributed by atoms with van der Waals surface area (Å²) < 4.78 is 10.0. The highest BCUT2D eigenvalue weighted by atomic mass is 32.1. The number of morpholine rings is 1. The molecule has 1 saturated heterocycles. The van der Waals surface area contributed by atoms with Gasteiger partial charge in [0.1, 0.15) is 0 Å². The van der Waals surface area contributed by atoms with Crippen molar-refractivity contribution in [3.8, 4) is 0 Å². The van der Waals surface area contributed by atoms with Gasteiger partial charge in [0.15, 0.2) is 5.13 Å². The van der Waals surface area contributed by atoms with Gasteiger partial charge >= 0.3 is 5.97 Å². The Labute approximate surface area is 149 Å². The molecule has 138 valence electrons. The molecule has 9 nitrogen and oxygen atoms in total. The molecule has 2 N–H and O–H groups in total. The van der Waals surface area contributed by atoms with E-state index in [1.807, 2.05) is 5.38 Å². The Kier molecular flexibility index (Phi) is 7.61. The summed E-state index contributed by atoms with van der Waals surface area (Å²) in [5, 5.41) is 2.69. The first-order valence-electron chi connectivity index (χ1n) is 8.09. The van der Waals surface area contributed by atoms with Crippen molar-refractivity contribution in [1.82, 2.24) is 15.8 Å². The van der Waals surface area contributed by atoms with Crippen LogP contribution < -0.4 is 15.8 Å². The molecule has 2 rings (SSSR count). The zero-order valence-electron chi connectivity index (χ0n) is 14.1. The molecule has 0 saturated carbocycles. The number of carbonyl (C=O) groups is 3. The van der Waals surface area contributed by atoms with Crippen molar-refractivity contribution >= 4 is 34.3 Å². The number of ether oxygens (including phenoxy) is 2. The summed E-state index contributed by atoms with van der Waals surface area (Å²) in [7, 11) is 0. The van der Waals surface area contributed by atoms with E-state index < -0.39 is 11.9 Å². The molecule has 0 unspecified atom stereocenters. The summed E-state index contributed by atoms with van der Waals surface area (Å²) in [5.74, 6) is -1.26. The van der Waals surface area contributed by atoms with Gasteiger partial charge in [-0.25, -0.2) is 4.98 Å². The lowest BCUT2D eigenvalue weighted by molar-refractivity contribution is -0.144. The second-order valence-corrected chi connectivity index (χ2v) is 6.14. The molecule has 1 aromatic rings. The number of hydrogen-bond donors (Lipinski definition) is 2. The molecular formula is C15H22N4O5S. The van der Waals surface area contributed by atoms with E-state index in [1.165, 1.54) is 11.3 Å². The molecule has 1 aromatic heterocycles. The highest BCUT2D eigenvalue weighted by Crippen LogP contribution is 2.21. The molecule has 1 aliphatic heterocycles. The topological polar surface area (TPSA) is 110 Å². The lowest BCUT2D eigenvalue weighted by Crippen LogP contribution is -2.42. The number of carbonyl (C=O) groups excluding carboxylic acids is 3. The lowest BCUT2D eigenvalue weighted by Gasteiger charge is -2.26. The second kappa shape index (κ2) is 9.94. The summed E-state index contributed by atoms with van der Waals surface area (Å²) in [6.07, 6.45) is 0.000525. The average molecular weight is 370 g/mol. The van der Waals surface area contributed by atoms with Crippen molar-refractivity contribution in [3.63, 3.8) is 0 Å². The minimum atomic E-state index is -0.450. The Morgan fingerprint density at radius 1 is 1.24 bits per heavy atom. The number of rotatable bonds is 7. The Hall–Kier alpha value is -2.20. The monoisotopic (exact) mass is 370 g/mol. The van der Waals surface area contributed by atoms with Crippen LogP contribution in [-0.2, 0) is 30.3 Å². The predicted octanol–water partition coefficient (Wildman–Crippen LogP) is 0.0129. The Morgan fingerprint density at radius 2 is 1.96 bits per heavy atom. The fourth-order valence-electron chi connectivity index (χ4n) is 2.14. The van der Waals surface area contributed by atoms with E-state index in [-0.39, 0.29) is 31.8 Å². The van der Waals surface area contributed by atoms with Gasteiger partial charge < -0.3 is 14.4 Å². The molecule has 0 bridgehead atoms. The highest BCUT2D eigenvalue weighted by molar-refractivity contribution is 7.13. The molecule has 25 heavy (non-hydrogen) atoms. The minimum Gasteiger partial charge on any atom is -0.466 e. The largest absolute Gasteiger partial charge is 0.466 e. The van der Waals surface area contributed by atoms with E-state index in [0.29, 0.717) is 18.9 Å². The van der Waals surface area contributed by atoms with Crippen molar-refractivity contribution in [1.29, 1.82) is 0 Å². The van der Waals surface area contributed by atoms with Crippen LogP contribution in [0.3, 0.4) is 0 Å². The summed E-state index contributed by atoms with van der Waals surface area (Å²) in [5.41, 5.74) is 5.23. The van der Waals surface area contributed by atoms with Gasteiger partial charge in [0.2, 0.25) is 11.8 Å². The van der Waals surface area contributed by atoms with Crippen molar-refractivity contribution in [3.05, 3.63) is 11.1 Å². The van der Waals surface area contributed by atoms with Crippen LogP contribution in [0.15, 0.2) is 5.38 Å². The predicted molar refractivity (Wildman–Crippen MR) is 91.0 cm³/mol. The maximum absolute atomic E-state index is 11.9. The Bertz CT molecular complexity index is 600. The number of nitrogens with one attached hydrogen (secondary N) is 2. The first-order chi connectivity index (χ1) is 12.1. The third kappa shape index (κ3) is 6.67. The van der Waals surface area contributed by atoms with E-state index in [1.54, 1.807) is 6.92 Å². The van der Waals surface area contributed by atoms with Crippen molar-refractivity contribution < 1.29 is 23.9 Å². The molecule has 0 aromatic carbocycles. The standard InChI is InChI=1S/C15H22N4O5S/c1-2-24-14(22)4-3-12(20)17-18-13(21)9-11-10-25-15(16-11)19-5-7-23-8-6-19/h10H,2-9H2,1H3,(H,17,20)(H,18,21). The van der Waals surface area contributed by atoms with Gasteiger partial charge in [-0.05, 0) is 6.92 Å². The van der Waals surface area contributed by atoms with Crippen LogP contribution in [-0.4, -0.2) is 55.7 Å². The number of thiazole rings is 1. The molecule has 0 atom stereocenters. The number of hydrogen-bond acceptors (Lipinski definition) is 8. The van der Waals surface area contributed by atoms with Crippen molar-refractivity contribution in [2.45, 2.75) is 26.2 Å². The number of aromatic nitrogens is 1. The third-order valence-electron chi connectivity index (χ3n) is 3.37. The fourth-order valence-corrected chi connectivity index (χ4v) is 3.02. The van der Waals surface area contributed by atoms with Gasteiger partial charge in [-0.2, -0.15) is 0 Å². The van der Waals surface area contributed by atoms with Crippen LogP contribution >= 0.6 is 11.3 Å². The van der Waals surface area contributed by atoms with Crippen molar-refractivity contribution in [2.24, 2.45) is 0 Å². The van der Waals surface area contributed by atoms with Crippen LogP contribution in [0.4, 0.5) is 5.13 Å². The van der Waals surface area contributed by atoms with E-state index in [2.05, 4.69) is 20.7 Å². The molecule has 0 aliphatic carbocycles. The van der Waals surface area contributed by atoms with Gasteiger partial charge in [-0.3, -0.25) is 25.2 Å². The molecule has 2 amide bonds. The van der Waals surface area contributed by atoms with Crippen LogP contribution in [0, 0.1) is 0 Å². The summed E-state index contributed by atoms with van der Waals surface area (Å²) >= 11 is 1.48. The van der Waals surface area contributed by atoms with Gasteiger partial charge in [0, 0.05) is 24.9 Å². The lowest BCUT2D eigenvalue weighted by atomic mass is 10.3. The molecule has 1 aliphatic rings. The highest BCUT2D eigenvalue weighted by Gasteiger charge is 2.16. The van der Waals surface area contributed by atoms with Gasteiger partial charge in [-0.15, -0.1) is 11.3 Å². The quantitative estimate of drug-likeness (QED) is 0.514. The van der Waals surface area contributed by atoms with Crippen LogP contribution in [0.5, 0.6) is 0 Å². The number of anilines is 1. The Balaban J connectivity index is 1.68. The zero-order valence-corrected chi connectivity index (χ0v) is 14.9. The van der Waals surface area contributed by atoms with Crippen molar-refractivity contribution in [2.75, 3.05) is 37.8 Å². The number of nitrogens with zero attached hydrogens (tertiary/aromatic N) is 2. The number of amides is 2. The maximum atomic E-state index is 11.9. The zero-order chi connectivity index (χ0) is 18.1. The van der Waals surface area contributed by atoms with Crippen LogP contribution in [0.2, 0.25) is 0 Å². The molecule has 1 fully saturated rings. The van der Waals surface area contributed by atoms with E-state index in [9.17, 15) is 14.4 Å². The van der Waals surface area contributed by atoms with Gasteiger partial charge in [-0.1, -0.05) is 0 Å². The summed E-state index contributed by atoms with van der Waals surface area (Å²) in [4.78, 5) is 41.1. The maximum Gasteiger partial charge on any atom is 0.306 e. The van der Waals surface area contributed by atoms with E-state index in [4.69, 9.17) is 9.47 Å². The first-order valence-corrected chi connectivity index (χ1v) is 8.97. The third-order valence-corrected chi connectivity index (χ3v) is 4.32. The second-order valence-electron chi connectivity index (χ2n) is 5.30. The number of esters is 1.